The number of hydrogen-bond acceptors (Lipinski definition) is 6. The van der Waals surface area contributed by atoms with Crippen LogP contribution in [0, 0.1) is 10.1 Å². The van der Waals surface area contributed by atoms with Gasteiger partial charge in [0.15, 0.2) is 0 Å². The van der Waals surface area contributed by atoms with Gasteiger partial charge in [-0.05, 0) is 30.3 Å². The van der Waals surface area contributed by atoms with Crippen LogP contribution < -0.4 is 0 Å². The van der Waals surface area contributed by atoms with Gasteiger partial charge in [0.1, 0.15) is 10.7 Å². The van der Waals surface area contributed by atoms with Crippen molar-refractivity contribution in [3.63, 3.8) is 0 Å². The predicted octanol–water partition coefficient (Wildman–Crippen LogP) is 4.72. The number of rotatable bonds is 4. The summed E-state index contributed by atoms with van der Waals surface area (Å²) < 4.78 is 10.0. The normalized spacial score (nSPS) is 11.2. The highest BCUT2D eigenvalue weighted by Gasteiger charge is 2.12. The maximum atomic E-state index is 10.5. The molecule has 0 unspecified atom stereocenters. The van der Waals surface area contributed by atoms with Gasteiger partial charge in [-0.3, -0.25) is 10.1 Å². The summed E-state index contributed by atoms with van der Waals surface area (Å²) >= 11 is 11.9. The lowest BCUT2D eigenvalue weighted by molar-refractivity contribution is -0.402. The third-order valence-corrected chi connectivity index (χ3v) is 3.34. The lowest BCUT2D eigenvalue weighted by Gasteiger charge is -1.98. The average Bonchev–Trinajstić information content (AvgIpc) is 3.14. The Balaban J connectivity index is 1.81. The molecule has 116 valence electrons. The van der Waals surface area contributed by atoms with Gasteiger partial charge in [0.2, 0.25) is 5.82 Å². The number of hydrogen-bond donors (Lipinski definition) is 0. The summed E-state index contributed by atoms with van der Waals surface area (Å²) in [5.41, 5.74) is 0.577. The number of furan rings is 1. The van der Waals surface area contributed by atoms with Crippen LogP contribution in [0.2, 0.25) is 10.0 Å². The first-order valence-corrected chi connectivity index (χ1v) is 7.00. The molecule has 0 aliphatic heterocycles. The zero-order chi connectivity index (χ0) is 16.4. The first-order chi connectivity index (χ1) is 11.0. The predicted molar refractivity (Wildman–Crippen MR) is 84.0 cm³/mol. The monoisotopic (exact) mass is 351 g/mol. The minimum atomic E-state index is -0.620. The van der Waals surface area contributed by atoms with Crippen LogP contribution in [0.5, 0.6) is 0 Å². The van der Waals surface area contributed by atoms with E-state index in [9.17, 15) is 10.1 Å². The summed E-state index contributed by atoms with van der Waals surface area (Å²) in [6, 6.07) is 7.64. The number of benzene rings is 1. The summed E-state index contributed by atoms with van der Waals surface area (Å²) in [5, 5.41) is 15.2. The number of halogens is 2. The van der Waals surface area contributed by atoms with Crippen molar-refractivity contribution in [2.75, 3.05) is 0 Å². The minimum absolute atomic E-state index is 0.199. The minimum Gasteiger partial charge on any atom is -0.401 e. The van der Waals surface area contributed by atoms with Gasteiger partial charge in [-0.1, -0.05) is 28.4 Å². The van der Waals surface area contributed by atoms with Gasteiger partial charge in [0.05, 0.1) is 11.1 Å². The van der Waals surface area contributed by atoms with Gasteiger partial charge in [0.25, 0.3) is 5.89 Å². The fourth-order valence-electron chi connectivity index (χ4n) is 1.77. The number of aromatic nitrogens is 2. The molecule has 0 amide bonds. The van der Waals surface area contributed by atoms with Crippen LogP contribution in [0.4, 0.5) is 5.88 Å². The summed E-state index contributed by atoms with van der Waals surface area (Å²) in [5.74, 6) is 0.451. The van der Waals surface area contributed by atoms with E-state index in [1.807, 2.05) is 0 Å². The van der Waals surface area contributed by atoms with Gasteiger partial charge in [-0.25, -0.2) is 0 Å². The Kier molecular flexibility index (Phi) is 4.14. The Morgan fingerprint density at radius 3 is 2.70 bits per heavy atom. The summed E-state index contributed by atoms with van der Waals surface area (Å²) in [4.78, 5) is 14.1. The Morgan fingerprint density at radius 1 is 1.17 bits per heavy atom. The van der Waals surface area contributed by atoms with Gasteiger partial charge < -0.3 is 8.94 Å². The highest BCUT2D eigenvalue weighted by molar-refractivity contribution is 6.36. The molecule has 0 bridgehead atoms. The summed E-state index contributed by atoms with van der Waals surface area (Å²) in [7, 11) is 0. The second-order valence-corrected chi connectivity index (χ2v) is 5.19. The van der Waals surface area contributed by atoms with E-state index < -0.39 is 4.92 Å². The summed E-state index contributed by atoms with van der Waals surface area (Å²) in [6.45, 7) is 0. The lowest BCUT2D eigenvalue weighted by atomic mass is 10.2. The van der Waals surface area contributed by atoms with E-state index in [4.69, 9.17) is 32.1 Å². The van der Waals surface area contributed by atoms with Crippen molar-refractivity contribution in [3.05, 3.63) is 62.1 Å². The van der Waals surface area contributed by atoms with E-state index >= 15 is 0 Å². The molecular weight excluding hydrogens is 345 g/mol. The fraction of sp³-hybridized carbons (Fsp3) is 0. The van der Waals surface area contributed by atoms with Crippen LogP contribution in [-0.2, 0) is 0 Å². The molecule has 2 aromatic heterocycles. The maximum absolute atomic E-state index is 10.5. The topological polar surface area (TPSA) is 95.2 Å². The van der Waals surface area contributed by atoms with Gasteiger partial charge >= 0.3 is 5.88 Å². The highest BCUT2D eigenvalue weighted by Crippen LogP contribution is 2.28. The Labute approximate surface area is 139 Å². The number of nitro groups is 1. The Bertz CT molecular complexity index is 901. The zero-order valence-electron chi connectivity index (χ0n) is 11.3. The van der Waals surface area contributed by atoms with Gasteiger partial charge in [-0.2, -0.15) is 4.98 Å². The van der Waals surface area contributed by atoms with E-state index in [2.05, 4.69) is 10.1 Å². The molecule has 0 fully saturated rings. The molecule has 0 radical (unpaired) electrons. The smallest absolute Gasteiger partial charge is 0.401 e. The molecule has 3 rings (SSSR count). The molecule has 0 aliphatic carbocycles. The zero-order valence-corrected chi connectivity index (χ0v) is 12.8. The Morgan fingerprint density at radius 2 is 2.00 bits per heavy atom. The van der Waals surface area contributed by atoms with Crippen molar-refractivity contribution in [1.29, 1.82) is 0 Å². The molecule has 0 aliphatic rings. The van der Waals surface area contributed by atoms with Crippen LogP contribution in [0.1, 0.15) is 11.7 Å². The van der Waals surface area contributed by atoms with Crippen molar-refractivity contribution in [3.8, 4) is 11.4 Å². The molecule has 9 heteroatoms. The molecule has 0 atom stereocenters. The van der Waals surface area contributed by atoms with Crippen molar-refractivity contribution in [1.82, 2.24) is 10.1 Å². The Hall–Kier alpha value is -2.64. The third kappa shape index (κ3) is 3.41. The maximum Gasteiger partial charge on any atom is 0.433 e. The van der Waals surface area contributed by atoms with E-state index in [0.717, 1.165) is 0 Å². The van der Waals surface area contributed by atoms with E-state index in [-0.39, 0.29) is 11.8 Å². The van der Waals surface area contributed by atoms with Crippen LogP contribution in [0.3, 0.4) is 0 Å². The average molecular weight is 352 g/mol. The quantitative estimate of drug-likeness (QED) is 0.498. The molecule has 0 N–H and O–H groups in total. The van der Waals surface area contributed by atoms with Gasteiger partial charge in [0, 0.05) is 16.7 Å². The van der Waals surface area contributed by atoms with Crippen LogP contribution in [0.15, 0.2) is 39.3 Å². The molecule has 2 heterocycles. The van der Waals surface area contributed by atoms with Crippen molar-refractivity contribution in [2.45, 2.75) is 0 Å². The molecule has 0 saturated heterocycles. The van der Waals surface area contributed by atoms with Crippen molar-refractivity contribution < 1.29 is 13.9 Å². The molecule has 3 aromatic rings. The largest absolute Gasteiger partial charge is 0.433 e. The SMILES string of the molecule is O=[N+]([O-])c1ccc(/C=C/c2nc(-c3ccc(Cl)cc3Cl)no2)o1. The standard InChI is InChI=1S/C14H7Cl2N3O4/c15-8-1-4-10(11(16)7-8)14-17-12(23-18-14)5-2-9-3-6-13(22-9)19(20)21/h1-7H/b5-2+. The molecule has 7 nitrogen and oxygen atoms in total. The first kappa shape index (κ1) is 15.3. The van der Waals surface area contributed by atoms with Crippen LogP contribution in [-0.4, -0.2) is 15.1 Å². The molecule has 0 saturated carbocycles. The number of nitrogens with zero attached hydrogens (tertiary/aromatic N) is 3. The van der Waals surface area contributed by atoms with Gasteiger partial charge in [-0.15, -0.1) is 0 Å². The third-order valence-electron chi connectivity index (χ3n) is 2.80. The second-order valence-electron chi connectivity index (χ2n) is 4.35. The van der Waals surface area contributed by atoms with Crippen LogP contribution in [0.25, 0.3) is 23.5 Å². The molecule has 1 aromatic carbocycles. The van der Waals surface area contributed by atoms with E-state index in [1.54, 1.807) is 18.2 Å². The van der Waals surface area contributed by atoms with E-state index in [0.29, 0.717) is 27.2 Å². The van der Waals surface area contributed by atoms with E-state index in [1.165, 1.54) is 24.3 Å². The molecule has 23 heavy (non-hydrogen) atoms. The lowest BCUT2D eigenvalue weighted by Crippen LogP contribution is -1.82. The fourth-order valence-corrected chi connectivity index (χ4v) is 2.26. The molecule has 0 spiro atoms. The first-order valence-electron chi connectivity index (χ1n) is 6.24. The highest BCUT2D eigenvalue weighted by atomic mass is 35.5. The van der Waals surface area contributed by atoms with Crippen molar-refractivity contribution >= 4 is 41.2 Å². The second kappa shape index (κ2) is 6.23. The van der Waals surface area contributed by atoms with Crippen molar-refractivity contribution in [2.24, 2.45) is 0 Å². The molecular formula is C14H7Cl2N3O4. The van der Waals surface area contributed by atoms with Crippen LogP contribution >= 0.6 is 23.2 Å². The summed E-state index contributed by atoms with van der Waals surface area (Å²) in [6.07, 6.45) is 2.96.